The average molecular weight is 418 g/mol. The zero-order valence-corrected chi connectivity index (χ0v) is 14.8. The molecular weight excluding hydrogens is 404 g/mol. The van der Waals surface area contributed by atoms with Crippen molar-refractivity contribution in [3.63, 3.8) is 0 Å². The summed E-state index contributed by atoms with van der Waals surface area (Å²) in [5.74, 6) is 0.0329. The Kier molecular flexibility index (Phi) is 5.22. The number of halogens is 2. The second-order valence-corrected chi connectivity index (χ2v) is 6.66. The van der Waals surface area contributed by atoms with E-state index in [4.69, 9.17) is 9.15 Å². The first kappa shape index (κ1) is 16.2. The maximum absolute atomic E-state index is 11.5. The molecule has 1 atom stereocenters. The summed E-state index contributed by atoms with van der Waals surface area (Å²) >= 11 is 6.92. The van der Waals surface area contributed by atoms with E-state index >= 15 is 0 Å². The Morgan fingerprint density at radius 1 is 1.43 bits per heavy atom. The molecule has 0 saturated heterocycles. The van der Waals surface area contributed by atoms with Crippen molar-refractivity contribution < 1.29 is 13.9 Å². The van der Waals surface area contributed by atoms with Gasteiger partial charge in [-0.05, 0) is 31.0 Å². The highest BCUT2D eigenvalue weighted by Crippen LogP contribution is 2.32. The second-order valence-electron chi connectivity index (χ2n) is 4.72. The summed E-state index contributed by atoms with van der Waals surface area (Å²) in [4.78, 5) is 23.0. The van der Waals surface area contributed by atoms with Crippen molar-refractivity contribution in [2.45, 2.75) is 25.1 Å². The van der Waals surface area contributed by atoms with Crippen LogP contribution >= 0.6 is 31.9 Å². The number of hydrogen-bond acceptors (Lipinski definition) is 4. The lowest BCUT2D eigenvalue weighted by Crippen LogP contribution is -2.11. The molecule has 0 spiro atoms. The fraction of sp³-hybridized carbons (Fsp3) is 0.333. The molecule has 0 aliphatic rings. The van der Waals surface area contributed by atoms with Crippen LogP contribution in [-0.2, 0) is 11.2 Å². The van der Waals surface area contributed by atoms with Crippen LogP contribution in [0.25, 0.3) is 11.0 Å². The highest BCUT2D eigenvalue weighted by Gasteiger charge is 2.18. The molecule has 0 amide bonds. The van der Waals surface area contributed by atoms with Gasteiger partial charge in [-0.3, -0.25) is 4.79 Å². The minimum atomic E-state index is -0.423. The van der Waals surface area contributed by atoms with Gasteiger partial charge in [-0.25, -0.2) is 4.79 Å². The Balaban J connectivity index is 2.72. The predicted molar refractivity (Wildman–Crippen MR) is 88.7 cm³/mol. The number of benzene rings is 1. The van der Waals surface area contributed by atoms with Gasteiger partial charge in [-0.2, -0.15) is 0 Å². The molecule has 0 radical (unpaired) electrons. The molecule has 0 N–H and O–H groups in total. The van der Waals surface area contributed by atoms with Crippen LogP contribution in [0.2, 0.25) is 0 Å². The van der Waals surface area contributed by atoms with E-state index in [1.807, 2.05) is 6.92 Å². The number of ether oxygens (including phenoxy) is 1. The van der Waals surface area contributed by atoms with Crippen LogP contribution in [-0.4, -0.2) is 16.1 Å². The summed E-state index contributed by atoms with van der Waals surface area (Å²) in [6.07, 6.45) is 0.567. The first-order valence-corrected chi connectivity index (χ1v) is 8.41. The molecule has 1 heterocycles. The standard InChI is InChI=1S/C15H14Br2O4/c1-8-5-13(20-9(2)18)12(6-10(17)7-16)15-11(8)3-4-14(19)21-15/h3-5,10H,6-7H2,1-2H3. The Labute approximate surface area is 138 Å². The molecule has 1 unspecified atom stereocenters. The largest absolute Gasteiger partial charge is 0.426 e. The quantitative estimate of drug-likeness (QED) is 0.329. The second kappa shape index (κ2) is 6.75. The summed E-state index contributed by atoms with van der Waals surface area (Å²) in [6, 6.07) is 4.92. The van der Waals surface area contributed by atoms with Gasteiger partial charge < -0.3 is 9.15 Å². The molecule has 21 heavy (non-hydrogen) atoms. The number of aryl methyl sites for hydroxylation is 1. The molecule has 0 aliphatic carbocycles. The van der Waals surface area contributed by atoms with Gasteiger partial charge in [0.25, 0.3) is 0 Å². The molecule has 2 aromatic rings. The van der Waals surface area contributed by atoms with Gasteiger partial charge in [0.2, 0.25) is 0 Å². The summed E-state index contributed by atoms with van der Waals surface area (Å²) in [6.45, 7) is 3.23. The van der Waals surface area contributed by atoms with Crippen molar-refractivity contribution in [3.8, 4) is 5.75 Å². The van der Waals surface area contributed by atoms with Gasteiger partial charge >= 0.3 is 11.6 Å². The molecule has 6 heteroatoms. The van der Waals surface area contributed by atoms with E-state index in [0.29, 0.717) is 23.3 Å². The Bertz CT molecular complexity index is 736. The summed E-state index contributed by atoms with van der Waals surface area (Å²) in [7, 11) is 0. The maximum atomic E-state index is 11.5. The Morgan fingerprint density at radius 3 is 2.76 bits per heavy atom. The first-order chi connectivity index (χ1) is 9.92. The third kappa shape index (κ3) is 3.74. The van der Waals surface area contributed by atoms with Crippen molar-refractivity contribution in [2.24, 2.45) is 0 Å². The van der Waals surface area contributed by atoms with Gasteiger partial charge in [0.05, 0.1) is 0 Å². The van der Waals surface area contributed by atoms with Crippen molar-refractivity contribution in [3.05, 3.63) is 39.7 Å². The highest BCUT2D eigenvalue weighted by atomic mass is 79.9. The zero-order chi connectivity index (χ0) is 15.6. The van der Waals surface area contributed by atoms with E-state index in [0.717, 1.165) is 16.3 Å². The van der Waals surface area contributed by atoms with Crippen molar-refractivity contribution in [1.82, 2.24) is 0 Å². The van der Waals surface area contributed by atoms with E-state index in [1.54, 1.807) is 12.1 Å². The van der Waals surface area contributed by atoms with Gasteiger partial charge in [-0.15, -0.1) is 0 Å². The van der Waals surface area contributed by atoms with Gasteiger partial charge in [0.15, 0.2) is 0 Å². The molecule has 1 aromatic heterocycles. The predicted octanol–water partition coefficient (Wildman–Crippen LogP) is 3.73. The number of carbonyl (C=O) groups is 1. The van der Waals surface area contributed by atoms with Crippen LogP contribution in [0.1, 0.15) is 18.1 Å². The van der Waals surface area contributed by atoms with E-state index < -0.39 is 11.6 Å². The lowest BCUT2D eigenvalue weighted by molar-refractivity contribution is -0.131. The number of hydrogen-bond donors (Lipinski definition) is 0. The minimum Gasteiger partial charge on any atom is -0.426 e. The third-order valence-corrected chi connectivity index (χ3v) is 5.32. The fourth-order valence-electron chi connectivity index (χ4n) is 2.14. The zero-order valence-electron chi connectivity index (χ0n) is 11.6. The van der Waals surface area contributed by atoms with Crippen LogP contribution in [0.3, 0.4) is 0 Å². The molecule has 0 aliphatic heterocycles. The van der Waals surface area contributed by atoms with E-state index in [2.05, 4.69) is 31.9 Å². The summed E-state index contributed by atoms with van der Waals surface area (Å²) in [5, 5.41) is 1.56. The number of rotatable bonds is 4. The highest BCUT2D eigenvalue weighted by molar-refractivity contribution is 9.12. The molecule has 1 aromatic carbocycles. The van der Waals surface area contributed by atoms with Crippen LogP contribution in [0.5, 0.6) is 5.75 Å². The molecule has 0 bridgehead atoms. The van der Waals surface area contributed by atoms with Crippen molar-refractivity contribution in [1.29, 1.82) is 0 Å². The van der Waals surface area contributed by atoms with Gasteiger partial charge in [-0.1, -0.05) is 31.9 Å². The van der Waals surface area contributed by atoms with Gasteiger partial charge in [0.1, 0.15) is 11.3 Å². The number of carbonyl (C=O) groups excluding carboxylic acids is 1. The third-order valence-electron chi connectivity index (χ3n) is 3.02. The molecular formula is C15H14Br2O4. The van der Waals surface area contributed by atoms with E-state index in [1.165, 1.54) is 13.0 Å². The summed E-state index contributed by atoms with van der Waals surface area (Å²) < 4.78 is 10.6. The van der Waals surface area contributed by atoms with Crippen molar-refractivity contribution in [2.75, 3.05) is 5.33 Å². The van der Waals surface area contributed by atoms with Crippen LogP contribution in [0.4, 0.5) is 0 Å². The monoisotopic (exact) mass is 416 g/mol. The van der Waals surface area contributed by atoms with Crippen LogP contribution < -0.4 is 10.4 Å². The maximum Gasteiger partial charge on any atom is 0.336 e. The van der Waals surface area contributed by atoms with Crippen LogP contribution in [0, 0.1) is 6.92 Å². The van der Waals surface area contributed by atoms with E-state index in [-0.39, 0.29) is 4.83 Å². The number of esters is 1. The molecule has 0 saturated carbocycles. The Hall–Kier alpha value is -1.14. The van der Waals surface area contributed by atoms with Gasteiger partial charge in [0, 0.05) is 34.1 Å². The van der Waals surface area contributed by atoms with Crippen molar-refractivity contribution >= 4 is 48.8 Å². The Morgan fingerprint density at radius 2 is 2.14 bits per heavy atom. The lowest BCUT2D eigenvalue weighted by atomic mass is 10.0. The van der Waals surface area contributed by atoms with Crippen LogP contribution in [0.15, 0.2) is 27.4 Å². The lowest BCUT2D eigenvalue weighted by Gasteiger charge is -2.15. The number of fused-ring (bicyclic) bond motifs is 1. The number of alkyl halides is 2. The fourth-order valence-corrected chi connectivity index (χ4v) is 2.69. The topological polar surface area (TPSA) is 56.5 Å². The summed E-state index contributed by atoms with van der Waals surface area (Å²) in [5.41, 5.74) is 1.65. The molecule has 2 rings (SSSR count). The smallest absolute Gasteiger partial charge is 0.336 e. The average Bonchev–Trinajstić information content (AvgIpc) is 2.41. The normalized spacial score (nSPS) is 12.4. The molecule has 0 fully saturated rings. The molecule has 4 nitrogen and oxygen atoms in total. The molecule has 112 valence electrons. The first-order valence-electron chi connectivity index (χ1n) is 6.37. The minimum absolute atomic E-state index is 0.128. The SMILES string of the molecule is CC(=O)Oc1cc(C)c2ccc(=O)oc2c1CC(Br)CBr. The van der Waals surface area contributed by atoms with E-state index in [9.17, 15) is 9.59 Å².